The van der Waals surface area contributed by atoms with Gasteiger partial charge in [-0.25, -0.2) is 9.37 Å². The number of phenols is 1. The van der Waals surface area contributed by atoms with Crippen LogP contribution in [-0.2, 0) is 0 Å². The zero-order chi connectivity index (χ0) is 20.0. The number of fused-ring (bicyclic) bond motifs is 1. The quantitative estimate of drug-likeness (QED) is 0.553. The van der Waals surface area contributed by atoms with Crippen LogP contribution in [0.2, 0.25) is 0 Å². The molecule has 1 aromatic heterocycles. The van der Waals surface area contributed by atoms with Crippen LogP contribution in [0, 0.1) is 18.7 Å². The van der Waals surface area contributed by atoms with E-state index < -0.39 is 0 Å². The number of rotatable bonds is 4. The second-order valence-electron chi connectivity index (χ2n) is 8.49. The van der Waals surface area contributed by atoms with E-state index in [1.54, 1.807) is 19.1 Å². The van der Waals surface area contributed by atoms with Crippen LogP contribution in [0.15, 0.2) is 36.4 Å². The Hall–Kier alpha value is -2.62. The lowest BCUT2D eigenvalue weighted by Crippen LogP contribution is -2.34. The van der Waals surface area contributed by atoms with Crippen LogP contribution >= 0.6 is 0 Å². The van der Waals surface area contributed by atoms with Crippen LogP contribution in [0.1, 0.15) is 50.7 Å². The number of nitrogens with zero attached hydrogens (tertiary/aromatic N) is 1. The molecule has 3 nitrogen and oxygen atoms in total. The van der Waals surface area contributed by atoms with Crippen LogP contribution in [-0.4, -0.2) is 16.1 Å². The number of hydrogen-bond acceptors (Lipinski definition) is 3. The maximum atomic E-state index is 13.9. The van der Waals surface area contributed by atoms with Crippen molar-refractivity contribution in [1.82, 2.24) is 4.98 Å². The van der Waals surface area contributed by atoms with Crippen LogP contribution in [0.3, 0.4) is 0 Å². The Kier molecular flexibility index (Phi) is 4.74. The average molecular weight is 378 g/mol. The molecule has 2 aromatic carbocycles. The highest BCUT2D eigenvalue weighted by molar-refractivity contribution is 5.99. The fourth-order valence-electron chi connectivity index (χ4n) is 4.27. The number of anilines is 1. The summed E-state index contributed by atoms with van der Waals surface area (Å²) in [6.07, 6.45) is 2.28. The molecule has 1 fully saturated rings. The monoisotopic (exact) mass is 378 g/mol. The fraction of sp³-hybridized carbons (Fsp3) is 0.375. The molecule has 4 rings (SSSR count). The fourth-order valence-corrected chi connectivity index (χ4v) is 4.27. The first-order chi connectivity index (χ1) is 13.3. The average Bonchev–Trinajstić information content (AvgIpc) is 2.61. The van der Waals surface area contributed by atoms with Crippen molar-refractivity contribution >= 4 is 16.7 Å². The van der Waals surface area contributed by atoms with Crippen molar-refractivity contribution in [2.24, 2.45) is 5.92 Å². The minimum Gasteiger partial charge on any atom is -0.508 e. The van der Waals surface area contributed by atoms with Crippen molar-refractivity contribution in [3.05, 3.63) is 53.3 Å². The Balaban J connectivity index is 1.98. The Bertz CT molecular complexity index is 1040. The third kappa shape index (κ3) is 3.32. The summed E-state index contributed by atoms with van der Waals surface area (Å²) in [5.41, 5.74) is 4.56. The van der Waals surface area contributed by atoms with Gasteiger partial charge in [-0.05, 0) is 72.6 Å². The van der Waals surface area contributed by atoms with Gasteiger partial charge in [0.1, 0.15) is 17.4 Å². The molecule has 2 N–H and O–H groups in total. The molecule has 1 saturated carbocycles. The zero-order valence-electron chi connectivity index (χ0n) is 16.9. The van der Waals surface area contributed by atoms with E-state index in [0.29, 0.717) is 11.6 Å². The minimum absolute atomic E-state index is 0.196. The van der Waals surface area contributed by atoms with Gasteiger partial charge in [-0.1, -0.05) is 26.8 Å². The Morgan fingerprint density at radius 1 is 1.14 bits per heavy atom. The van der Waals surface area contributed by atoms with Crippen molar-refractivity contribution in [1.29, 1.82) is 0 Å². The normalized spacial score (nSPS) is 19.1. The van der Waals surface area contributed by atoms with E-state index in [4.69, 9.17) is 4.98 Å². The lowest BCUT2D eigenvalue weighted by atomic mass is 9.81. The zero-order valence-corrected chi connectivity index (χ0v) is 16.9. The summed E-state index contributed by atoms with van der Waals surface area (Å²) < 4.78 is 13.9. The lowest BCUT2D eigenvalue weighted by Gasteiger charge is -2.35. The predicted molar refractivity (Wildman–Crippen MR) is 113 cm³/mol. The second-order valence-corrected chi connectivity index (χ2v) is 8.49. The number of nitrogens with one attached hydrogen (secondary N) is 1. The van der Waals surface area contributed by atoms with Gasteiger partial charge in [0.05, 0.1) is 5.52 Å². The van der Waals surface area contributed by atoms with Crippen molar-refractivity contribution in [2.45, 2.75) is 52.5 Å². The molecule has 0 atom stereocenters. The van der Waals surface area contributed by atoms with Crippen molar-refractivity contribution in [2.75, 3.05) is 5.32 Å². The highest BCUT2D eigenvalue weighted by atomic mass is 19.1. The summed E-state index contributed by atoms with van der Waals surface area (Å²) in [5.74, 6) is 1.85. The Labute approximate surface area is 165 Å². The molecule has 3 aromatic rings. The van der Waals surface area contributed by atoms with Gasteiger partial charge in [0, 0.05) is 23.1 Å². The molecule has 0 aliphatic heterocycles. The smallest absolute Gasteiger partial charge is 0.131 e. The van der Waals surface area contributed by atoms with Gasteiger partial charge in [-0.2, -0.15) is 0 Å². The summed E-state index contributed by atoms with van der Waals surface area (Å²) in [6, 6.07) is 11.0. The molecule has 28 heavy (non-hydrogen) atoms. The van der Waals surface area contributed by atoms with E-state index in [1.165, 1.54) is 6.07 Å². The van der Waals surface area contributed by atoms with Gasteiger partial charge in [-0.3, -0.25) is 0 Å². The van der Waals surface area contributed by atoms with Gasteiger partial charge in [0.2, 0.25) is 0 Å². The molecule has 1 aliphatic rings. The Morgan fingerprint density at radius 3 is 2.54 bits per heavy atom. The van der Waals surface area contributed by atoms with Crippen LogP contribution in [0.5, 0.6) is 5.75 Å². The van der Waals surface area contributed by atoms with Gasteiger partial charge in [-0.15, -0.1) is 0 Å². The maximum Gasteiger partial charge on any atom is 0.131 e. The standard InChI is InChI=1S/C24H27FN2O/c1-13(2)22-23(16-5-8-20(25)15(4)11-16)19-7-6-18(28)12-21(19)27-24(22)26-17-9-14(3)10-17/h5-8,11-14,17,28H,9-10H2,1-4H3,(H,26,27). The molecule has 4 heteroatoms. The number of pyridine rings is 1. The molecule has 0 amide bonds. The molecule has 0 spiro atoms. The van der Waals surface area contributed by atoms with E-state index >= 15 is 0 Å². The van der Waals surface area contributed by atoms with E-state index in [1.807, 2.05) is 18.2 Å². The number of aromatic hydroxyl groups is 1. The molecular weight excluding hydrogens is 351 g/mol. The van der Waals surface area contributed by atoms with Crippen LogP contribution in [0.4, 0.5) is 10.2 Å². The molecule has 1 aliphatic carbocycles. The summed E-state index contributed by atoms with van der Waals surface area (Å²) >= 11 is 0. The number of halogens is 1. The molecule has 0 unspecified atom stereocenters. The Morgan fingerprint density at radius 2 is 1.89 bits per heavy atom. The van der Waals surface area contributed by atoms with Gasteiger partial charge in [0.15, 0.2) is 0 Å². The summed E-state index contributed by atoms with van der Waals surface area (Å²) in [6.45, 7) is 8.38. The number of phenolic OH excluding ortho intramolecular Hbond substituents is 1. The van der Waals surface area contributed by atoms with E-state index in [-0.39, 0.29) is 17.5 Å². The summed E-state index contributed by atoms with van der Waals surface area (Å²) in [4.78, 5) is 4.89. The third-order valence-electron chi connectivity index (χ3n) is 5.75. The van der Waals surface area contributed by atoms with E-state index in [9.17, 15) is 9.50 Å². The number of aryl methyl sites for hydroxylation is 1. The summed E-state index contributed by atoms with van der Waals surface area (Å²) in [7, 11) is 0. The first-order valence-corrected chi connectivity index (χ1v) is 10.0. The molecule has 0 radical (unpaired) electrons. The highest BCUT2D eigenvalue weighted by Crippen LogP contribution is 2.42. The number of aromatic nitrogens is 1. The predicted octanol–water partition coefficient (Wildman–Crippen LogP) is 6.39. The highest BCUT2D eigenvalue weighted by Gasteiger charge is 2.28. The van der Waals surface area contributed by atoms with Gasteiger partial charge in [0.25, 0.3) is 0 Å². The van der Waals surface area contributed by atoms with Gasteiger partial charge >= 0.3 is 0 Å². The summed E-state index contributed by atoms with van der Waals surface area (Å²) in [5, 5.41) is 14.6. The first kappa shape index (κ1) is 18.7. The maximum absolute atomic E-state index is 13.9. The van der Waals surface area contributed by atoms with Crippen molar-refractivity contribution in [3.8, 4) is 16.9 Å². The molecule has 0 saturated heterocycles. The second kappa shape index (κ2) is 7.08. The molecular formula is C24H27FN2O. The van der Waals surface area contributed by atoms with Crippen LogP contribution < -0.4 is 5.32 Å². The topological polar surface area (TPSA) is 45.2 Å². The number of hydrogen-bond donors (Lipinski definition) is 2. The van der Waals surface area contributed by atoms with Crippen LogP contribution in [0.25, 0.3) is 22.0 Å². The van der Waals surface area contributed by atoms with Crippen molar-refractivity contribution < 1.29 is 9.50 Å². The van der Waals surface area contributed by atoms with Crippen molar-refractivity contribution in [3.63, 3.8) is 0 Å². The molecule has 0 bridgehead atoms. The largest absolute Gasteiger partial charge is 0.508 e. The number of benzene rings is 2. The van der Waals surface area contributed by atoms with E-state index in [2.05, 4.69) is 26.1 Å². The third-order valence-corrected chi connectivity index (χ3v) is 5.75. The molecule has 1 heterocycles. The van der Waals surface area contributed by atoms with Gasteiger partial charge < -0.3 is 10.4 Å². The molecule has 146 valence electrons. The SMILES string of the molecule is Cc1cc(-c2c(C(C)C)c(NC3CC(C)C3)nc3cc(O)ccc23)ccc1F. The minimum atomic E-state index is -0.201. The first-order valence-electron chi connectivity index (χ1n) is 10.0. The van der Waals surface area contributed by atoms with E-state index in [0.717, 1.165) is 52.2 Å². The lowest BCUT2D eigenvalue weighted by molar-refractivity contribution is 0.308.